The van der Waals surface area contributed by atoms with Crippen molar-refractivity contribution in [3.05, 3.63) is 76.8 Å². The summed E-state index contributed by atoms with van der Waals surface area (Å²) < 4.78 is 0. The Labute approximate surface area is 242 Å². The first-order chi connectivity index (χ1) is 18.5. The normalized spacial score (nSPS) is 21.6. The lowest BCUT2D eigenvalue weighted by Gasteiger charge is -2.32. The molecule has 0 spiro atoms. The van der Waals surface area contributed by atoms with Crippen LogP contribution in [0.4, 0.5) is 5.69 Å². The van der Waals surface area contributed by atoms with Crippen LogP contribution in [0.5, 0.6) is 0 Å². The van der Waals surface area contributed by atoms with Crippen LogP contribution in [0.1, 0.15) is 43.6 Å². The van der Waals surface area contributed by atoms with Crippen LogP contribution in [0.25, 0.3) is 10.8 Å². The number of hydrogen-bond donors (Lipinski definition) is 1. The minimum absolute atomic E-state index is 0.0720. The molecule has 2 amide bonds. The second-order valence-corrected chi connectivity index (χ2v) is 13.9. The summed E-state index contributed by atoms with van der Waals surface area (Å²) >= 11 is 9.41. The van der Waals surface area contributed by atoms with E-state index in [1.807, 2.05) is 30.3 Å². The second kappa shape index (κ2) is 11.1. The molecule has 2 unspecified atom stereocenters. The maximum atomic E-state index is 14.3. The molecule has 1 saturated heterocycles. The maximum Gasteiger partial charge on any atom is 0.327 e. The van der Waals surface area contributed by atoms with Gasteiger partial charge in [0.2, 0.25) is 11.8 Å². The summed E-state index contributed by atoms with van der Waals surface area (Å²) in [7, 11) is 0. The Morgan fingerprint density at radius 1 is 1.05 bits per heavy atom. The number of thioether (sulfide) groups is 2. The van der Waals surface area contributed by atoms with E-state index in [9.17, 15) is 19.5 Å². The van der Waals surface area contributed by atoms with Crippen LogP contribution in [0, 0.1) is 5.41 Å². The molecule has 0 aromatic heterocycles. The van der Waals surface area contributed by atoms with Crippen molar-refractivity contribution in [1.29, 1.82) is 0 Å². The number of carboxylic acid groups (broad SMARTS) is 1. The van der Waals surface area contributed by atoms with Crippen LogP contribution in [0.3, 0.4) is 0 Å². The van der Waals surface area contributed by atoms with Gasteiger partial charge in [-0.25, -0.2) is 4.79 Å². The van der Waals surface area contributed by atoms with Crippen LogP contribution in [0.2, 0.25) is 5.02 Å². The lowest BCUT2D eigenvalue weighted by atomic mass is 9.93. The molecule has 39 heavy (non-hydrogen) atoms. The van der Waals surface area contributed by atoms with Crippen LogP contribution in [-0.4, -0.2) is 57.3 Å². The monoisotopic (exact) mass is 582 g/mol. The zero-order valence-electron chi connectivity index (χ0n) is 22.1. The van der Waals surface area contributed by atoms with Gasteiger partial charge < -0.3 is 14.9 Å². The van der Waals surface area contributed by atoms with Crippen molar-refractivity contribution in [3.63, 3.8) is 0 Å². The van der Waals surface area contributed by atoms with Crippen molar-refractivity contribution < 1.29 is 19.5 Å². The third-order valence-electron chi connectivity index (χ3n) is 6.99. The first kappa shape index (κ1) is 27.9. The number of amides is 2. The molecule has 3 aromatic rings. The average molecular weight is 583 g/mol. The number of carbonyl (C=O) groups excluding carboxylic acids is 2. The summed E-state index contributed by atoms with van der Waals surface area (Å²) in [5.74, 6) is -0.803. The quantitative estimate of drug-likeness (QED) is 0.372. The molecule has 2 heterocycles. The highest BCUT2D eigenvalue weighted by Gasteiger charge is 2.42. The Kier molecular flexibility index (Phi) is 7.91. The molecule has 0 aliphatic carbocycles. The van der Waals surface area contributed by atoms with Gasteiger partial charge in [0, 0.05) is 29.4 Å². The number of anilines is 1. The van der Waals surface area contributed by atoms with Gasteiger partial charge in [0.05, 0.1) is 16.4 Å². The summed E-state index contributed by atoms with van der Waals surface area (Å²) in [5.41, 5.74) is 2.56. The van der Waals surface area contributed by atoms with Gasteiger partial charge in [0.15, 0.2) is 0 Å². The molecular formula is C30H31ClN2O4S2. The fourth-order valence-electron chi connectivity index (χ4n) is 5.23. The molecule has 2 aliphatic heterocycles. The van der Waals surface area contributed by atoms with Gasteiger partial charge in [0.1, 0.15) is 6.04 Å². The predicted molar refractivity (Wildman–Crippen MR) is 161 cm³/mol. The molecule has 3 aromatic carbocycles. The Morgan fingerprint density at radius 2 is 1.79 bits per heavy atom. The first-order valence-electron chi connectivity index (χ1n) is 12.9. The second-order valence-electron chi connectivity index (χ2n) is 11.2. The number of halogens is 1. The van der Waals surface area contributed by atoms with Gasteiger partial charge >= 0.3 is 5.97 Å². The SMILES string of the molecule is CC(C)(C)CN1C(=O)C(CC(=O)N2CSC[C@H]2C(=O)O)SC(c2cccc3ccccc23)c2cc(Cl)ccc21. The highest BCUT2D eigenvalue weighted by molar-refractivity contribution is 8.01. The zero-order chi connectivity index (χ0) is 27.9. The summed E-state index contributed by atoms with van der Waals surface area (Å²) in [4.78, 5) is 42.7. The molecular weight excluding hydrogens is 552 g/mol. The Morgan fingerprint density at radius 3 is 2.54 bits per heavy atom. The van der Waals surface area contributed by atoms with Crippen LogP contribution >= 0.6 is 35.1 Å². The number of carboxylic acids is 1. The van der Waals surface area contributed by atoms with E-state index in [2.05, 4.69) is 45.0 Å². The highest BCUT2D eigenvalue weighted by Crippen LogP contribution is 2.49. The van der Waals surface area contributed by atoms with Crippen LogP contribution in [0.15, 0.2) is 60.7 Å². The molecule has 1 fully saturated rings. The van der Waals surface area contributed by atoms with E-state index in [0.717, 1.165) is 27.6 Å². The van der Waals surface area contributed by atoms with E-state index in [1.165, 1.54) is 28.4 Å². The van der Waals surface area contributed by atoms with E-state index in [1.54, 1.807) is 11.0 Å². The van der Waals surface area contributed by atoms with Gasteiger partial charge in [-0.3, -0.25) is 9.59 Å². The molecule has 2 aliphatic rings. The van der Waals surface area contributed by atoms with Crippen LogP contribution < -0.4 is 4.90 Å². The zero-order valence-corrected chi connectivity index (χ0v) is 24.5. The van der Waals surface area contributed by atoms with E-state index in [4.69, 9.17) is 11.6 Å². The summed E-state index contributed by atoms with van der Waals surface area (Å²) in [5, 5.41) is 11.4. The van der Waals surface area contributed by atoms with E-state index in [0.29, 0.717) is 23.2 Å². The van der Waals surface area contributed by atoms with Gasteiger partial charge in [0.25, 0.3) is 0 Å². The fourth-order valence-corrected chi connectivity index (χ4v) is 8.08. The summed E-state index contributed by atoms with van der Waals surface area (Å²) in [6, 6.07) is 19.1. The Bertz CT molecular complexity index is 1430. The Hall–Kier alpha value is -2.68. The van der Waals surface area contributed by atoms with Crippen LogP contribution in [-0.2, 0) is 14.4 Å². The number of nitrogens with zero attached hydrogens (tertiary/aromatic N) is 2. The largest absolute Gasteiger partial charge is 0.480 e. The molecule has 204 valence electrons. The lowest BCUT2D eigenvalue weighted by Crippen LogP contribution is -2.46. The van der Waals surface area contributed by atoms with Crippen molar-refractivity contribution in [2.45, 2.75) is 43.7 Å². The third kappa shape index (κ3) is 5.79. The molecule has 6 nitrogen and oxygen atoms in total. The smallest absolute Gasteiger partial charge is 0.327 e. The average Bonchev–Trinajstić information content (AvgIpc) is 3.36. The van der Waals surface area contributed by atoms with Crippen molar-refractivity contribution in [3.8, 4) is 0 Å². The topological polar surface area (TPSA) is 77.9 Å². The Balaban J connectivity index is 1.63. The van der Waals surface area contributed by atoms with Gasteiger partial charge in [-0.05, 0) is 45.5 Å². The van der Waals surface area contributed by atoms with Gasteiger partial charge in [-0.1, -0.05) is 74.8 Å². The van der Waals surface area contributed by atoms with Crippen molar-refractivity contribution in [2.24, 2.45) is 5.41 Å². The third-order valence-corrected chi connectivity index (χ3v) is 9.71. The number of carbonyl (C=O) groups is 3. The molecule has 3 atom stereocenters. The van der Waals surface area contributed by atoms with Gasteiger partial charge in [-0.2, -0.15) is 0 Å². The standard InChI is InChI=1S/C30H31ClN2O4S2/c1-30(2,3)16-32-23-12-11-19(31)13-22(23)27(21-10-6-8-18-7-4-5-9-20(18)21)39-25(28(32)35)14-26(34)33-17-38-15-24(33)29(36)37/h4-13,24-25,27H,14-17H2,1-3H3,(H,36,37)/t24-,25?,27?/m0/s1. The lowest BCUT2D eigenvalue weighted by molar-refractivity contribution is -0.147. The molecule has 9 heteroatoms. The molecule has 0 saturated carbocycles. The molecule has 1 N–H and O–H groups in total. The maximum absolute atomic E-state index is 14.3. The van der Waals surface area contributed by atoms with E-state index < -0.39 is 17.3 Å². The highest BCUT2D eigenvalue weighted by atomic mass is 35.5. The fraction of sp³-hybridized carbons (Fsp3) is 0.367. The first-order valence-corrected chi connectivity index (χ1v) is 15.3. The molecule has 0 radical (unpaired) electrons. The number of aliphatic carboxylic acids is 1. The van der Waals surface area contributed by atoms with E-state index in [-0.39, 0.29) is 28.9 Å². The summed E-state index contributed by atoms with van der Waals surface area (Å²) in [6.07, 6.45) is -0.0720. The number of fused-ring (bicyclic) bond motifs is 2. The summed E-state index contributed by atoms with van der Waals surface area (Å²) in [6.45, 7) is 6.70. The predicted octanol–water partition coefficient (Wildman–Crippen LogP) is 6.45. The molecule has 5 rings (SSSR count). The number of hydrogen-bond acceptors (Lipinski definition) is 5. The van der Waals surface area contributed by atoms with Crippen molar-refractivity contribution in [2.75, 3.05) is 23.1 Å². The number of benzene rings is 3. The van der Waals surface area contributed by atoms with Crippen molar-refractivity contribution in [1.82, 2.24) is 4.90 Å². The molecule has 0 bridgehead atoms. The van der Waals surface area contributed by atoms with E-state index >= 15 is 0 Å². The minimum atomic E-state index is -1.02. The number of rotatable bonds is 5. The minimum Gasteiger partial charge on any atom is -0.480 e. The van der Waals surface area contributed by atoms with Gasteiger partial charge in [-0.15, -0.1) is 23.5 Å². The van der Waals surface area contributed by atoms with Crippen molar-refractivity contribution >= 4 is 69.4 Å².